The maximum Gasteiger partial charge on any atom is 0.488 e. The maximum absolute atomic E-state index is 10.6. The predicted octanol–water partition coefficient (Wildman–Crippen LogP) is 22.3. The van der Waals surface area contributed by atoms with Crippen LogP contribution in [-0.4, -0.2) is 85.4 Å². The molecule has 0 atom stereocenters. The molecule has 0 saturated heterocycles. The fraction of sp³-hybridized carbons (Fsp3) is 0.0164. The largest absolute Gasteiger partial charge is 0.488 e. The molecule has 6 aromatic heterocycles. The number of aromatic nitrogens is 9. The van der Waals surface area contributed by atoms with Gasteiger partial charge in [0.25, 0.3) is 0 Å². The highest BCUT2D eigenvalue weighted by atomic mass is 35.5. The number of hydrogen-bond acceptors (Lipinski definition) is 8. The molecule has 0 bridgehead atoms. The molecule has 24 rings (SSSR count). The lowest BCUT2D eigenvalue weighted by Crippen LogP contribution is -2.75. The van der Waals surface area contributed by atoms with Crippen LogP contribution in [0.2, 0.25) is 26.0 Å². The fourth-order valence-corrected chi connectivity index (χ4v) is 27.8. The highest BCUT2D eigenvalue weighted by molar-refractivity contribution is 7.21. The summed E-state index contributed by atoms with van der Waals surface area (Å²) in [6, 6.07) is -36.8. The van der Waals surface area contributed by atoms with Crippen molar-refractivity contribution >= 4 is 222 Å². The van der Waals surface area contributed by atoms with Gasteiger partial charge in [-0.05, 0) is 127 Å². The third-order valence-corrected chi connectivity index (χ3v) is 34.3. The van der Waals surface area contributed by atoms with Crippen molar-refractivity contribution in [3.8, 4) is 34.3 Å². The Balaban J connectivity index is 0.000000186. The second kappa shape index (κ2) is 44.0. The summed E-state index contributed by atoms with van der Waals surface area (Å²) in [7, 11) is -18.5. The molecule has 0 aliphatic rings. The number of para-hydroxylation sites is 6. The normalized spacial score (nSPS) is 18.0. The predicted molar refractivity (Wildman–Crippen MR) is 607 cm³/mol. The van der Waals surface area contributed by atoms with Gasteiger partial charge in [-0.2, -0.15) is 4.98 Å². The van der Waals surface area contributed by atoms with Gasteiger partial charge in [-0.15, -0.1) is 0 Å². The van der Waals surface area contributed by atoms with E-state index in [1.165, 1.54) is 78.9 Å². The lowest BCUT2D eigenvalue weighted by Gasteiger charge is -2.34. The van der Waals surface area contributed by atoms with E-state index in [4.69, 9.17) is 132 Å². The zero-order valence-electron chi connectivity index (χ0n) is 139. The molecule has 18 aromatic carbocycles. The molecular formula is C122H95BCl5N9O2Si3. The number of hydrogen-bond donors (Lipinski definition) is 3. The van der Waals surface area contributed by atoms with Crippen molar-refractivity contribution in [3.05, 3.63) is 534 Å². The third-order valence-electron chi connectivity index (χ3n) is 20.8. The first kappa shape index (κ1) is 44.2. The molecule has 0 aliphatic heterocycles. The zero-order valence-corrected chi connectivity index (χ0v) is 76.9. The fourth-order valence-electron chi connectivity index (χ4n) is 15.2. The Labute approximate surface area is 951 Å². The van der Waals surface area contributed by atoms with Crippen LogP contribution >= 0.6 is 58.0 Å². The molecule has 3 N–H and O–H groups in total. The Kier molecular flexibility index (Phi) is 13.7. The Morgan fingerprint density at radius 3 is 0.880 bits per heavy atom. The quantitative estimate of drug-likeness (QED) is 0.0354. The molecular weight excluding hydrogens is 1900 g/mol. The number of halogens is 5. The van der Waals surface area contributed by atoms with Crippen LogP contribution in [0.25, 0.3) is 99.7 Å². The zero-order chi connectivity index (χ0) is 155. The van der Waals surface area contributed by atoms with Gasteiger partial charge in [0.1, 0.15) is 21.3 Å². The SMILES string of the molecule is C.C.[2H]c1c(-c2c([2H])c([2H])c([2H])c([Si](c3ccccc3)(c3c([2H])c([2H])c([2H])c([2H])c3[2H])c3c([2H])c([2H])c([2H])c([2H])c3[2H])c2[2H])nc(-n2c3c([2H])c([2H])c([2H])c([2H])c3c3c([2H])c([2H])c([2H])c([2H])c32)nc1-n1c2c([2H])c([2H])c([2H])c([2H])c2c2c([2H])c([2H])c([2H])c([2H])c21.[2H]c1c(Cl)nc(Cl)nc1-c1c([2H])c([2H])c([2H])c([Si](c2ccccc2)(c2c([2H])c([2H])c([2H])c([2H])c2[2H])c2c([2H])c([2H])c([2H])c([2H])c2[2H])c1[2H].[2H]c1c(Cl)nc(Cl)nc1Cl.[2H]c1c([2H])c([2H])c([Si](c2ccccc2)(c2c([2H])c([2H])c([2H])c([2H])c2[2H])c2c([2H])c([2H])c([2H])c(B(O)O)c2[2H])c([2H])c1[2H].[2H]c1c([2H])c([2H])c2c([nH]c3c([2H])c([2H])c([2H])c([2H])c32)c1[2H]. The minimum atomic E-state index is -5.78. The van der Waals surface area contributed by atoms with Crippen molar-refractivity contribution in [2.75, 3.05) is 0 Å². The Morgan fingerprint density at radius 1 is 0.246 bits per heavy atom. The summed E-state index contributed by atoms with van der Waals surface area (Å²) in [4.78, 5) is 26.6. The van der Waals surface area contributed by atoms with E-state index in [1.807, 2.05) is 0 Å². The van der Waals surface area contributed by atoms with E-state index in [0.717, 1.165) is 0 Å². The summed E-state index contributed by atoms with van der Waals surface area (Å²) in [5, 5.41) is 10.8. The van der Waals surface area contributed by atoms with Crippen LogP contribution in [0, 0.1) is 0 Å². The van der Waals surface area contributed by atoms with Crippen LogP contribution in [-0.2, 0) is 0 Å². The first-order chi connectivity index (χ1) is 97.5. The van der Waals surface area contributed by atoms with Crippen LogP contribution in [0.5, 0.6) is 0 Å². The minimum absolute atomic E-state index is 0. The van der Waals surface area contributed by atoms with Gasteiger partial charge in [0.15, 0.2) is 24.2 Å². The summed E-state index contributed by atoms with van der Waals surface area (Å²) >= 11 is 28.3. The molecule has 11 nitrogen and oxygen atoms in total. The molecule has 24 aromatic rings. The number of benzene rings is 18. The summed E-state index contributed by atoms with van der Waals surface area (Å²) in [6.07, 6.45) is 0. The number of H-pyrrole nitrogens is 1. The van der Waals surface area contributed by atoms with E-state index in [2.05, 4.69) is 34.9 Å². The maximum atomic E-state index is 10.6. The molecule has 20 heteroatoms. The van der Waals surface area contributed by atoms with E-state index in [9.17, 15) is 30.6 Å². The van der Waals surface area contributed by atoms with Crippen LogP contribution in [0.15, 0.2) is 508 Å². The van der Waals surface area contributed by atoms with Gasteiger partial charge in [-0.1, -0.05) is 503 Å². The van der Waals surface area contributed by atoms with Crippen molar-refractivity contribution in [1.29, 1.82) is 0 Å². The molecule has 0 unspecified atom stereocenters. The molecule has 142 heavy (non-hydrogen) atoms. The van der Waals surface area contributed by atoms with Crippen molar-refractivity contribution in [3.63, 3.8) is 0 Å². The van der Waals surface area contributed by atoms with E-state index in [0.29, 0.717) is 9.13 Å². The van der Waals surface area contributed by atoms with Crippen LogP contribution in [0.4, 0.5) is 0 Å². The van der Waals surface area contributed by atoms with Gasteiger partial charge in [0, 0.05) is 72.6 Å². The lowest BCUT2D eigenvalue weighted by atomic mass is 9.80. The first-order valence-corrected chi connectivity index (χ1v) is 48.1. The standard InChI is InChI=1S/C52H36N4Si.C28H20Cl2N2Si.C24H21BO2Si.C12H9N.C4HCl3N2.2CH4/c1-4-20-38(21-5-1)57(39-22-6-2-7-23-39,40-24-8-3-9-25-40)41-26-18-19-37(35-41)46-36-51(55-47-31-14-10-27-42(47)43-28-11-15-32-48(43)55)54-52(53-46)56-49-33-16-12-29-44(49)45-30-13-17-34-50(45)56;29-27-20-26(31-28(30)32-27)21-11-10-18-25(19-21)33(22-12-4-1-5-13-22,23-14-6-2-7-15-23)24-16-8-3-9-17-24;26-25(27)20-11-10-18-24(19-20)28(21-12-4-1-5-13-21,22-14-6-2-7-15-22)23-16-8-3-9-17-23;1-3-7-11-9(5-1)10-6-2-4-8-12(10)13-11;5-2-1-3(6)9-4(7)8-2;;/h1-36H;1-20H;1-19,26-27H;1-8,13H;1H;2*1H4/i1D,2D,4D,5D,6D,7D,10D,11D,12D,13D,14D,15D,16D,17D,18D,19D,20D,21D,22D,23D,26D,27D,28D,29D,30D,31D,32D,33D,34D,35D,36D;1D,2D,4D,5D,6D,7D,10D,11D,12D,13D,14D,15D,18D,19D,20D;1D,2D,4D,5D,6D,7D,10D,11D,12D,13D,14D,15D,18D,19D;1D,2D,3D,4D,5D,6D,7D,8D;1D;;. The molecule has 690 valence electrons. The average molecular weight is 2060 g/mol. The second-order valence-electron chi connectivity index (χ2n) is 28.5. The van der Waals surface area contributed by atoms with Gasteiger partial charge in [0.05, 0.1) is 128 Å². The number of aromatic amines is 1. The number of rotatable bonds is 17. The summed E-state index contributed by atoms with van der Waals surface area (Å²) in [5.74, 6) is -2.05. The average Bonchev–Trinajstić information content (AvgIpc) is 1.32. The smallest absolute Gasteiger partial charge is 0.423 e. The topological polar surface area (TPSA) is 143 Å². The van der Waals surface area contributed by atoms with Crippen molar-refractivity contribution < 1.29 is 105 Å². The van der Waals surface area contributed by atoms with Gasteiger partial charge >= 0.3 is 7.12 Å². The molecule has 0 aliphatic carbocycles. The van der Waals surface area contributed by atoms with Gasteiger partial charge < -0.3 is 15.0 Å². The van der Waals surface area contributed by atoms with E-state index >= 15 is 0 Å². The van der Waals surface area contributed by atoms with Gasteiger partial charge in [-0.25, -0.2) is 24.9 Å². The monoisotopic (exact) mass is 2060 g/mol. The van der Waals surface area contributed by atoms with Crippen LogP contribution < -0.4 is 67.7 Å². The van der Waals surface area contributed by atoms with E-state index < -0.39 is 559 Å². The number of nitrogens with one attached hydrogen (secondary N) is 1. The summed E-state index contributed by atoms with van der Waals surface area (Å²) in [5.41, 5.74) is -6.66. The Bertz CT molecular complexity index is 12400. The second-order valence-corrected chi connectivity index (χ2v) is 41.0. The molecule has 0 amide bonds. The highest BCUT2D eigenvalue weighted by Gasteiger charge is 2.45. The third kappa shape index (κ3) is 19.5. The number of nitrogens with zero attached hydrogens (tertiary/aromatic N) is 8. The van der Waals surface area contributed by atoms with Crippen molar-refractivity contribution in [1.82, 2.24) is 44.0 Å². The minimum Gasteiger partial charge on any atom is -0.423 e. The van der Waals surface area contributed by atoms with E-state index in [1.54, 1.807) is 12.1 Å². The molecule has 0 spiro atoms. The van der Waals surface area contributed by atoms with Crippen molar-refractivity contribution in [2.45, 2.75) is 14.9 Å². The molecule has 0 radical (unpaired) electrons. The first-order valence-electron chi connectivity index (χ1n) is 74.8. The van der Waals surface area contributed by atoms with Crippen LogP contribution in [0.3, 0.4) is 0 Å². The van der Waals surface area contributed by atoms with Crippen LogP contribution in [0.1, 0.15) is 109 Å². The molecule has 6 heterocycles. The lowest BCUT2D eigenvalue weighted by molar-refractivity contribution is 0.426. The Morgan fingerprint density at radius 2 is 0.528 bits per heavy atom. The summed E-state index contributed by atoms with van der Waals surface area (Å²) in [6.45, 7) is 0. The molecule has 0 saturated carbocycles. The Hall–Kier alpha value is -15.3. The summed E-state index contributed by atoms with van der Waals surface area (Å²) < 4.78 is 609. The van der Waals surface area contributed by atoms with Gasteiger partial charge in [-0.3, -0.25) is 9.13 Å². The van der Waals surface area contributed by atoms with Crippen molar-refractivity contribution in [2.24, 2.45) is 0 Å². The van der Waals surface area contributed by atoms with E-state index in [-0.39, 0.29) is 98.0 Å². The molecule has 0 fully saturated rings. The number of fused-ring (bicyclic) bond motifs is 9. The highest BCUT2D eigenvalue weighted by Crippen LogP contribution is 2.37. The van der Waals surface area contributed by atoms with Gasteiger partial charge in [0.2, 0.25) is 16.5 Å².